The van der Waals surface area contributed by atoms with Crippen molar-refractivity contribution in [2.75, 3.05) is 18.0 Å². The van der Waals surface area contributed by atoms with Crippen molar-refractivity contribution in [2.24, 2.45) is 0 Å². The lowest BCUT2D eigenvalue weighted by atomic mass is 10.2. The fourth-order valence-electron chi connectivity index (χ4n) is 3.34. The zero-order valence-electron chi connectivity index (χ0n) is 14.2. The van der Waals surface area contributed by atoms with E-state index in [2.05, 4.69) is 0 Å². The average molecular weight is 407 g/mol. The number of rotatable bonds is 2. The summed E-state index contributed by atoms with van der Waals surface area (Å²) in [6.45, 7) is 1.07. The van der Waals surface area contributed by atoms with Gasteiger partial charge in [-0.25, -0.2) is 12.8 Å². The third kappa shape index (κ3) is 3.11. The lowest BCUT2D eigenvalue weighted by Crippen LogP contribution is -2.35. The molecule has 4 rings (SSSR count). The largest absolute Gasteiger partial charge is 0.338 e. The van der Waals surface area contributed by atoms with Gasteiger partial charge in [0, 0.05) is 30.0 Å². The summed E-state index contributed by atoms with van der Waals surface area (Å²) in [5.41, 5.74) is 0.855. The summed E-state index contributed by atoms with van der Waals surface area (Å²) in [5, 5.41) is 0.360. The first-order valence-electron chi connectivity index (χ1n) is 8.48. The van der Waals surface area contributed by atoms with Gasteiger partial charge in [-0.3, -0.25) is 4.79 Å². The number of nitrogens with zero attached hydrogens (tertiary/aromatic N) is 2. The molecule has 2 aromatic rings. The fraction of sp³-hybridized carbons (Fsp3) is 0.211. The molecule has 0 spiro atoms. The molecule has 0 bridgehead atoms. The van der Waals surface area contributed by atoms with E-state index in [0.717, 1.165) is 12.8 Å². The van der Waals surface area contributed by atoms with Crippen LogP contribution in [0.15, 0.2) is 58.5 Å². The number of amides is 1. The molecule has 0 radical (unpaired) electrons. The van der Waals surface area contributed by atoms with Gasteiger partial charge in [-0.15, -0.1) is 0 Å². The summed E-state index contributed by atoms with van der Waals surface area (Å²) in [5.74, 6) is -0.924. The number of anilines is 2. The molecular weight excluding hydrogens is 391 g/mol. The van der Waals surface area contributed by atoms with Crippen LogP contribution in [0.4, 0.5) is 15.8 Å². The Balaban J connectivity index is 1.90. The number of fused-ring (bicyclic) bond motifs is 1. The number of hydrogen-bond acceptors (Lipinski definition) is 4. The molecule has 2 heterocycles. The minimum absolute atomic E-state index is 0.00118. The summed E-state index contributed by atoms with van der Waals surface area (Å²) in [6.07, 6.45) is 3.02. The Bertz CT molecular complexity index is 1050. The van der Waals surface area contributed by atoms with Crippen molar-refractivity contribution in [3.05, 3.63) is 64.4 Å². The molecule has 0 unspecified atom stereocenters. The molecule has 27 heavy (non-hydrogen) atoms. The van der Waals surface area contributed by atoms with Crippen molar-refractivity contribution >= 4 is 38.7 Å². The van der Waals surface area contributed by atoms with Crippen molar-refractivity contribution in [1.29, 1.82) is 0 Å². The quantitative estimate of drug-likeness (QED) is 0.759. The van der Waals surface area contributed by atoms with E-state index in [1.807, 2.05) is 0 Å². The molecule has 1 amide bonds. The molecule has 5 nitrogen and oxygen atoms in total. The third-order valence-electron chi connectivity index (χ3n) is 4.71. The van der Waals surface area contributed by atoms with Crippen molar-refractivity contribution in [3.63, 3.8) is 0 Å². The van der Waals surface area contributed by atoms with Crippen molar-refractivity contribution < 1.29 is 17.6 Å². The lowest BCUT2D eigenvalue weighted by Gasteiger charge is -2.30. The first-order valence-corrected chi connectivity index (χ1v) is 10.3. The molecule has 2 aliphatic heterocycles. The molecule has 2 aromatic carbocycles. The second kappa shape index (κ2) is 6.65. The maximum atomic E-state index is 13.3. The van der Waals surface area contributed by atoms with E-state index in [9.17, 15) is 17.6 Å². The monoisotopic (exact) mass is 406 g/mol. The normalized spacial score (nSPS) is 18.2. The highest BCUT2D eigenvalue weighted by atomic mass is 35.5. The lowest BCUT2D eigenvalue weighted by molar-refractivity contribution is -0.125. The van der Waals surface area contributed by atoms with Crippen LogP contribution < -0.4 is 4.90 Å². The molecule has 0 aromatic heterocycles. The first kappa shape index (κ1) is 18.0. The van der Waals surface area contributed by atoms with Crippen LogP contribution in [0.2, 0.25) is 5.02 Å². The highest BCUT2D eigenvalue weighted by Gasteiger charge is 2.38. The summed E-state index contributed by atoms with van der Waals surface area (Å²) in [6, 6.07) is 9.99. The fourth-order valence-corrected chi connectivity index (χ4v) is 5.03. The smallest absolute Gasteiger partial charge is 0.267 e. The standard InChI is InChI=1S/C19H16ClFN2O3S/c20-13-3-8-17-16(11-13)23(15-6-4-14(21)5-7-15)12-18(27(17,25)26)19(24)22-9-1-2-10-22/h3-8,11-12H,1-2,9-10H2. The van der Waals surface area contributed by atoms with Crippen LogP contribution in [0.5, 0.6) is 0 Å². The highest BCUT2D eigenvalue weighted by Crippen LogP contribution is 2.41. The van der Waals surface area contributed by atoms with Gasteiger partial charge in [-0.1, -0.05) is 11.6 Å². The topological polar surface area (TPSA) is 57.7 Å². The van der Waals surface area contributed by atoms with E-state index in [4.69, 9.17) is 11.6 Å². The van der Waals surface area contributed by atoms with Crippen molar-refractivity contribution in [3.8, 4) is 0 Å². The summed E-state index contributed by atoms with van der Waals surface area (Å²) in [7, 11) is -3.99. The molecule has 0 N–H and O–H groups in total. The second-order valence-electron chi connectivity index (χ2n) is 6.45. The molecule has 2 aliphatic rings. The van der Waals surface area contributed by atoms with Crippen LogP contribution in [0, 0.1) is 5.82 Å². The molecule has 0 atom stereocenters. The zero-order valence-corrected chi connectivity index (χ0v) is 15.8. The molecule has 1 saturated heterocycles. The minimum atomic E-state index is -3.99. The zero-order chi connectivity index (χ0) is 19.2. The Hall–Kier alpha value is -2.38. The van der Waals surface area contributed by atoms with Crippen LogP contribution in [0.25, 0.3) is 0 Å². The number of benzene rings is 2. The van der Waals surface area contributed by atoms with E-state index in [0.29, 0.717) is 29.5 Å². The van der Waals surface area contributed by atoms with Gasteiger partial charge in [0.2, 0.25) is 9.84 Å². The van der Waals surface area contributed by atoms with Gasteiger partial charge in [0.05, 0.1) is 10.6 Å². The molecule has 140 valence electrons. The van der Waals surface area contributed by atoms with Crippen LogP contribution in [-0.4, -0.2) is 32.3 Å². The molecule has 0 saturated carbocycles. The van der Waals surface area contributed by atoms with Gasteiger partial charge in [0.25, 0.3) is 5.91 Å². The van der Waals surface area contributed by atoms with E-state index in [-0.39, 0.29) is 9.80 Å². The van der Waals surface area contributed by atoms with Gasteiger partial charge in [0.15, 0.2) is 4.91 Å². The first-order chi connectivity index (χ1) is 12.9. The van der Waals surface area contributed by atoms with Crippen LogP contribution in [-0.2, 0) is 14.6 Å². The maximum Gasteiger partial charge on any atom is 0.267 e. The Morgan fingerprint density at radius 1 is 1.04 bits per heavy atom. The number of halogens is 2. The van der Waals surface area contributed by atoms with Crippen LogP contribution >= 0.6 is 11.6 Å². The van der Waals surface area contributed by atoms with Crippen molar-refractivity contribution in [2.45, 2.75) is 17.7 Å². The molecule has 8 heteroatoms. The van der Waals surface area contributed by atoms with Gasteiger partial charge >= 0.3 is 0 Å². The van der Waals surface area contributed by atoms with Gasteiger partial charge < -0.3 is 9.80 Å². The molecular formula is C19H16ClFN2O3S. The van der Waals surface area contributed by atoms with E-state index in [1.54, 1.807) is 9.80 Å². The highest BCUT2D eigenvalue weighted by molar-refractivity contribution is 7.96. The van der Waals surface area contributed by atoms with E-state index < -0.39 is 21.6 Å². The second-order valence-corrected chi connectivity index (χ2v) is 8.78. The van der Waals surface area contributed by atoms with Gasteiger partial charge in [-0.05, 0) is 55.3 Å². The predicted molar refractivity (Wildman–Crippen MR) is 101 cm³/mol. The summed E-state index contributed by atoms with van der Waals surface area (Å²) >= 11 is 6.07. The predicted octanol–water partition coefficient (Wildman–Crippen LogP) is 3.87. The van der Waals surface area contributed by atoms with Gasteiger partial charge in [-0.2, -0.15) is 0 Å². The average Bonchev–Trinajstić information content (AvgIpc) is 3.17. The number of carbonyl (C=O) groups is 1. The number of likely N-dealkylation sites (tertiary alicyclic amines) is 1. The number of carbonyl (C=O) groups excluding carboxylic acids is 1. The number of sulfone groups is 1. The third-order valence-corrected chi connectivity index (χ3v) is 6.73. The molecule has 1 fully saturated rings. The summed E-state index contributed by atoms with van der Waals surface area (Å²) in [4.78, 5) is 15.7. The number of hydrogen-bond donors (Lipinski definition) is 0. The van der Waals surface area contributed by atoms with Crippen LogP contribution in [0.1, 0.15) is 12.8 Å². The van der Waals surface area contributed by atoms with E-state index in [1.165, 1.54) is 48.7 Å². The Labute approximate surface area is 161 Å². The maximum absolute atomic E-state index is 13.3. The Kier molecular flexibility index (Phi) is 4.44. The minimum Gasteiger partial charge on any atom is -0.338 e. The summed E-state index contributed by atoms with van der Waals surface area (Å²) < 4.78 is 39.5. The van der Waals surface area contributed by atoms with Crippen LogP contribution in [0.3, 0.4) is 0 Å². The Morgan fingerprint density at radius 3 is 2.37 bits per heavy atom. The molecule has 0 aliphatic carbocycles. The van der Waals surface area contributed by atoms with Crippen molar-refractivity contribution in [1.82, 2.24) is 4.90 Å². The SMILES string of the molecule is O=C(C1=CN(c2ccc(F)cc2)c2cc(Cl)ccc2S1(=O)=O)N1CCCC1. The Morgan fingerprint density at radius 2 is 1.70 bits per heavy atom. The van der Waals surface area contributed by atoms with Gasteiger partial charge in [0.1, 0.15) is 5.82 Å². The van der Waals surface area contributed by atoms with E-state index >= 15 is 0 Å².